The van der Waals surface area contributed by atoms with Crippen LogP contribution in [0.2, 0.25) is 5.02 Å². The molecule has 7 heteroatoms. The molecule has 0 saturated carbocycles. The van der Waals surface area contributed by atoms with E-state index in [1.54, 1.807) is 12.1 Å². The van der Waals surface area contributed by atoms with Crippen molar-refractivity contribution < 1.29 is 24.3 Å². The number of nitrogens with one attached hydrogen (secondary N) is 1. The van der Waals surface area contributed by atoms with Crippen molar-refractivity contribution in [2.24, 2.45) is 0 Å². The summed E-state index contributed by atoms with van der Waals surface area (Å²) in [6, 6.07) is 13.1. The number of benzene rings is 2. The number of halogens is 1. The summed E-state index contributed by atoms with van der Waals surface area (Å²) in [7, 11) is 5.54. The van der Waals surface area contributed by atoms with Gasteiger partial charge in [-0.1, -0.05) is 53.8 Å². The maximum absolute atomic E-state index is 13.3. The lowest BCUT2D eigenvalue weighted by atomic mass is 9.95. The number of carbonyl (C=O) groups is 2. The minimum atomic E-state index is -0.752. The van der Waals surface area contributed by atoms with E-state index in [1.807, 2.05) is 44.4 Å². The Balaban J connectivity index is 2.08. The Kier molecular flexibility index (Phi) is 6.80. The van der Waals surface area contributed by atoms with Crippen molar-refractivity contribution in [2.45, 2.75) is 12.5 Å². The van der Waals surface area contributed by atoms with Gasteiger partial charge >= 0.3 is 0 Å². The highest BCUT2D eigenvalue weighted by Gasteiger charge is 2.43. The molecule has 0 aliphatic carbocycles. The van der Waals surface area contributed by atoms with Crippen LogP contribution in [0.1, 0.15) is 23.6 Å². The van der Waals surface area contributed by atoms with Crippen molar-refractivity contribution in [2.75, 3.05) is 34.3 Å². The number of hydrogen-bond donors (Lipinski definition) is 1. The Morgan fingerprint density at radius 2 is 1.87 bits per heavy atom. The topological polar surface area (TPSA) is 74.1 Å². The number of ether oxygens (including phenoxy) is 1. The Morgan fingerprint density at radius 1 is 1.17 bits per heavy atom. The first-order chi connectivity index (χ1) is 14.3. The standard InChI is InChI=1S/C23H25ClN2O4/c1-25(2)12-7-13-26-20(15-8-5-4-6-9-15)19(22(28)23(26)29)21(27)16-10-11-18(30-3)17(24)14-16/h4-6,8-11,14,20,27H,7,12-13H2,1-3H3/b21-19+. The van der Waals surface area contributed by atoms with Crippen LogP contribution in [0, 0.1) is 0 Å². The van der Waals surface area contributed by atoms with Crippen LogP contribution in [0.4, 0.5) is 0 Å². The Hall–Kier alpha value is -2.83. The third-order valence-electron chi connectivity index (χ3n) is 5.13. The third kappa shape index (κ3) is 4.35. The van der Waals surface area contributed by atoms with Crippen molar-refractivity contribution in [3.05, 3.63) is 70.3 Å². The lowest BCUT2D eigenvalue weighted by Crippen LogP contribution is -3.05. The second kappa shape index (κ2) is 9.32. The molecule has 1 aliphatic heterocycles. The van der Waals surface area contributed by atoms with Crippen LogP contribution < -0.4 is 14.7 Å². The van der Waals surface area contributed by atoms with Gasteiger partial charge in [0.25, 0.3) is 5.91 Å². The summed E-state index contributed by atoms with van der Waals surface area (Å²) in [5.74, 6) is -1.45. The van der Waals surface area contributed by atoms with Crippen molar-refractivity contribution in [1.29, 1.82) is 0 Å². The molecule has 30 heavy (non-hydrogen) atoms. The molecule has 0 radical (unpaired) electrons. The molecule has 1 N–H and O–H groups in total. The molecule has 0 spiro atoms. The normalized spacial score (nSPS) is 18.3. The molecule has 1 aliphatic rings. The van der Waals surface area contributed by atoms with Crippen molar-refractivity contribution >= 4 is 29.1 Å². The van der Waals surface area contributed by atoms with E-state index in [1.165, 1.54) is 23.0 Å². The van der Waals surface area contributed by atoms with Gasteiger partial charge in [0.05, 0.1) is 38.8 Å². The lowest BCUT2D eigenvalue weighted by molar-refractivity contribution is -0.858. The van der Waals surface area contributed by atoms with E-state index in [0.29, 0.717) is 12.3 Å². The molecule has 6 nitrogen and oxygen atoms in total. The average molecular weight is 429 g/mol. The summed E-state index contributed by atoms with van der Waals surface area (Å²) in [4.78, 5) is 28.5. The van der Waals surface area contributed by atoms with Crippen LogP contribution in [0.5, 0.6) is 5.75 Å². The molecule has 1 heterocycles. The first-order valence-electron chi connectivity index (χ1n) is 9.79. The van der Waals surface area contributed by atoms with Gasteiger partial charge in [-0.15, -0.1) is 0 Å². The fourth-order valence-electron chi connectivity index (χ4n) is 3.65. The summed E-state index contributed by atoms with van der Waals surface area (Å²) in [6.45, 7) is 1.24. The van der Waals surface area contributed by atoms with Gasteiger partial charge in [0.1, 0.15) is 5.75 Å². The van der Waals surface area contributed by atoms with Crippen LogP contribution in [0.15, 0.2) is 54.1 Å². The smallest absolute Gasteiger partial charge is 0.295 e. The fourth-order valence-corrected chi connectivity index (χ4v) is 3.91. The number of methoxy groups -OCH3 is 1. The number of quaternary nitrogens is 1. The second-order valence-corrected chi connectivity index (χ2v) is 7.95. The summed E-state index contributed by atoms with van der Waals surface area (Å²) < 4.78 is 5.13. The minimum Gasteiger partial charge on any atom is -0.872 e. The Morgan fingerprint density at radius 3 is 2.47 bits per heavy atom. The zero-order valence-corrected chi connectivity index (χ0v) is 18.0. The Labute approximate surface area is 181 Å². The number of likely N-dealkylation sites (tertiary alicyclic amines) is 1. The summed E-state index contributed by atoms with van der Waals surface area (Å²) in [6.07, 6.45) is 0.723. The van der Waals surface area contributed by atoms with Gasteiger partial charge in [0.2, 0.25) is 5.78 Å². The van der Waals surface area contributed by atoms with Crippen molar-refractivity contribution in [1.82, 2.24) is 4.90 Å². The molecular weight excluding hydrogens is 404 g/mol. The number of nitrogens with zero attached hydrogens (tertiary/aromatic N) is 1. The predicted octanol–water partition coefficient (Wildman–Crippen LogP) is 1.11. The van der Waals surface area contributed by atoms with Gasteiger partial charge in [-0.2, -0.15) is 0 Å². The molecule has 1 saturated heterocycles. The largest absolute Gasteiger partial charge is 0.872 e. The number of Topliss-reactive ketones (excluding diaryl/α,β-unsaturated/α-hetero) is 1. The van der Waals surface area contributed by atoms with Gasteiger partial charge in [-0.05, 0) is 23.3 Å². The number of ketones is 1. The number of rotatable bonds is 7. The Bertz CT molecular complexity index is 972. The first-order valence-corrected chi connectivity index (χ1v) is 10.2. The van der Waals surface area contributed by atoms with Gasteiger partial charge < -0.3 is 19.6 Å². The van der Waals surface area contributed by atoms with Crippen LogP contribution in [-0.4, -0.2) is 50.9 Å². The SMILES string of the molecule is COc1ccc(/C([O-])=C2\C(=O)C(=O)N(CCC[NH+](C)C)C2c2ccccc2)cc1Cl. The average Bonchev–Trinajstić information content (AvgIpc) is 2.98. The summed E-state index contributed by atoms with van der Waals surface area (Å²) in [5, 5.41) is 13.6. The lowest BCUT2D eigenvalue weighted by Gasteiger charge is -2.27. The predicted molar refractivity (Wildman–Crippen MR) is 113 cm³/mol. The van der Waals surface area contributed by atoms with Gasteiger partial charge in [0, 0.05) is 18.5 Å². The molecule has 2 aromatic rings. The van der Waals surface area contributed by atoms with E-state index in [0.717, 1.165) is 18.5 Å². The van der Waals surface area contributed by atoms with Gasteiger partial charge in [-0.25, -0.2) is 0 Å². The molecule has 0 bridgehead atoms. The minimum absolute atomic E-state index is 0.0374. The highest BCUT2D eigenvalue weighted by molar-refractivity contribution is 6.46. The van der Waals surface area contributed by atoms with E-state index in [4.69, 9.17) is 16.3 Å². The molecule has 158 valence electrons. The van der Waals surface area contributed by atoms with Crippen LogP contribution in [-0.2, 0) is 9.59 Å². The van der Waals surface area contributed by atoms with Crippen molar-refractivity contribution in [3.63, 3.8) is 0 Å². The van der Waals surface area contributed by atoms with Crippen LogP contribution in [0.25, 0.3) is 5.76 Å². The molecule has 3 rings (SSSR count). The molecule has 1 atom stereocenters. The molecular formula is C23H25ClN2O4. The van der Waals surface area contributed by atoms with Crippen molar-refractivity contribution in [3.8, 4) is 5.75 Å². The molecule has 2 aromatic carbocycles. The van der Waals surface area contributed by atoms with E-state index >= 15 is 0 Å². The molecule has 0 aromatic heterocycles. The zero-order chi connectivity index (χ0) is 21.8. The third-order valence-corrected chi connectivity index (χ3v) is 5.43. The van der Waals surface area contributed by atoms with Crippen LogP contribution >= 0.6 is 11.6 Å². The fraction of sp³-hybridized carbons (Fsp3) is 0.304. The number of hydrogen-bond acceptors (Lipinski definition) is 4. The van der Waals surface area contributed by atoms with Crippen LogP contribution in [0.3, 0.4) is 0 Å². The highest BCUT2D eigenvalue weighted by Crippen LogP contribution is 2.39. The molecule has 1 unspecified atom stereocenters. The maximum Gasteiger partial charge on any atom is 0.295 e. The number of amides is 1. The van der Waals surface area contributed by atoms with E-state index in [-0.39, 0.29) is 16.2 Å². The van der Waals surface area contributed by atoms with Gasteiger partial charge in [0.15, 0.2) is 0 Å². The molecule has 1 fully saturated rings. The summed E-state index contributed by atoms with van der Waals surface area (Å²) >= 11 is 6.17. The highest BCUT2D eigenvalue weighted by atomic mass is 35.5. The maximum atomic E-state index is 13.3. The first kappa shape index (κ1) is 21.9. The monoisotopic (exact) mass is 428 g/mol. The summed E-state index contributed by atoms with van der Waals surface area (Å²) in [5.41, 5.74) is 0.943. The van der Waals surface area contributed by atoms with E-state index in [9.17, 15) is 14.7 Å². The quantitative estimate of drug-likeness (QED) is 0.407. The van der Waals surface area contributed by atoms with Gasteiger partial charge in [-0.3, -0.25) is 9.59 Å². The second-order valence-electron chi connectivity index (χ2n) is 7.54. The number of carbonyl (C=O) groups excluding carboxylic acids is 2. The van der Waals surface area contributed by atoms with E-state index in [2.05, 4.69) is 0 Å². The molecule has 1 amide bonds. The zero-order valence-electron chi connectivity index (χ0n) is 17.3. The van der Waals surface area contributed by atoms with E-state index < -0.39 is 23.5 Å².